The number of carboxylic acids is 1. The maximum atomic E-state index is 12.0. The first-order chi connectivity index (χ1) is 9.93. The number of nitrogens with one attached hydrogen (secondary N) is 2. The van der Waals surface area contributed by atoms with Gasteiger partial charge in [-0.3, -0.25) is 9.59 Å². The lowest BCUT2D eigenvalue weighted by Crippen LogP contribution is -2.47. The summed E-state index contributed by atoms with van der Waals surface area (Å²) < 4.78 is 0. The Hall–Kier alpha value is -1.79. The molecule has 0 aliphatic carbocycles. The van der Waals surface area contributed by atoms with Crippen LogP contribution in [0.4, 0.5) is 4.79 Å². The van der Waals surface area contributed by atoms with Gasteiger partial charge in [0.15, 0.2) is 0 Å². The number of nitrogens with zero attached hydrogens (tertiary/aromatic N) is 1. The van der Waals surface area contributed by atoms with Gasteiger partial charge in [-0.2, -0.15) is 0 Å². The summed E-state index contributed by atoms with van der Waals surface area (Å²) in [5, 5.41) is 14.4. The minimum Gasteiger partial charge on any atom is -0.481 e. The van der Waals surface area contributed by atoms with E-state index in [4.69, 9.17) is 5.11 Å². The van der Waals surface area contributed by atoms with E-state index >= 15 is 0 Å². The second kappa shape index (κ2) is 8.49. The smallest absolute Gasteiger partial charge is 0.317 e. The van der Waals surface area contributed by atoms with Crippen molar-refractivity contribution in [2.24, 2.45) is 11.8 Å². The Morgan fingerprint density at radius 2 is 1.86 bits per heavy atom. The van der Waals surface area contributed by atoms with E-state index in [0.717, 1.165) is 12.8 Å². The zero-order valence-electron chi connectivity index (χ0n) is 12.7. The lowest BCUT2D eigenvalue weighted by atomic mass is 9.97. The van der Waals surface area contributed by atoms with Crippen LogP contribution >= 0.6 is 0 Å². The molecule has 1 saturated heterocycles. The molecule has 0 saturated carbocycles. The minimum atomic E-state index is -0.883. The van der Waals surface area contributed by atoms with Gasteiger partial charge in [0.25, 0.3) is 0 Å². The van der Waals surface area contributed by atoms with Crippen LogP contribution < -0.4 is 10.6 Å². The van der Waals surface area contributed by atoms with Crippen LogP contribution in [0.5, 0.6) is 0 Å². The van der Waals surface area contributed by atoms with E-state index in [1.54, 1.807) is 11.8 Å². The van der Waals surface area contributed by atoms with Crippen molar-refractivity contribution < 1.29 is 19.5 Å². The van der Waals surface area contributed by atoms with E-state index < -0.39 is 11.9 Å². The maximum Gasteiger partial charge on any atom is 0.317 e. The van der Waals surface area contributed by atoms with Gasteiger partial charge in [0.05, 0.1) is 5.92 Å². The summed E-state index contributed by atoms with van der Waals surface area (Å²) in [4.78, 5) is 35.4. The molecule has 1 aliphatic heterocycles. The van der Waals surface area contributed by atoms with Gasteiger partial charge in [-0.15, -0.1) is 0 Å². The molecule has 1 heterocycles. The number of rotatable bonds is 6. The van der Waals surface area contributed by atoms with Crippen molar-refractivity contribution in [2.75, 3.05) is 26.2 Å². The van der Waals surface area contributed by atoms with E-state index in [1.807, 2.05) is 0 Å². The first-order valence-corrected chi connectivity index (χ1v) is 7.44. The third kappa shape index (κ3) is 6.01. The Balaban J connectivity index is 2.28. The molecule has 1 atom stereocenters. The van der Waals surface area contributed by atoms with Crippen molar-refractivity contribution in [3.63, 3.8) is 0 Å². The molecular weight excluding hydrogens is 274 g/mol. The summed E-state index contributed by atoms with van der Waals surface area (Å²) in [7, 11) is 0. The third-order valence-electron chi connectivity index (χ3n) is 3.88. The average Bonchev–Trinajstić information content (AvgIpc) is 2.45. The van der Waals surface area contributed by atoms with E-state index in [-0.39, 0.29) is 18.5 Å². The number of amides is 3. The molecule has 1 aliphatic rings. The van der Waals surface area contributed by atoms with Crippen molar-refractivity contribution in [3.8, 4) is 0 Å². The maximum absolute atomic E-state index is 12.0. The number of carbonyl (C=O) groups is 3. The molecule has 3 N–H and O–H groups in total. The molecule has 7 heteroatoms. The standard InChI is InChI=1S/C14H25N3O4/c1-3-12(13(19)20)9-16-14(21)17-6-4-11(5-7-17)8-15-10(2)18/h11-12H,3-9H2,1-2H3,(H,15,18)(H,16,21)(H,19,20). The van der Waals surface area contributed by atoms with Crippen LogP contribution in [0.15, 0.2) is 0 Å². The largest absolute Gasteiger partial charge is 0.481 e. The topological polar surface area (TPSA) is 98.7 Å². The van der Waals surface area contributed by atoms with Crippen LogP contribution in [0.1, 0.15) is 33.1 Å². The van der Waals surface area contributed by atoms with Crippen LogP contribution in [0.25, 0.3) is 0 Å². The van der Waals surface area contributed by atoms with Gasteiger partial charge >= 0.3 is 12.0 Å². The van der Waals surface area contributed by atoms with Gasteiger partial charge < -0.3 is 20.6 Å². The Morgan fingerprint density at radius 3 is 2.33 bits per heavy atom. The first-order valence-electron chi connectivity index (χ1n) is 7.44. The van der Waals surface area contributed by atoms with Crippen LogP contribution in [0, 0.1) is 11.8 Å². The van der Waals surface area contributed by atoms with E-state index in [2.05, 4.69) is 10.6 Å². The number of aliphatic carboxylic acids is 1. The highest BCUT2D eigenvalue weighted by Gasteiger charge is 2.24. The molecule has 1 fully saturated rings. The van der Waals surface area contributed by atoms with E-state index in [0.29, 0.717) is 32.0 Å². The molecule has 0 radical (unpaired) electrons. The normalized spacial score (nSPS) is 17.1. The van der Waals surface area contributed by atoms with E-state index in [9.17, 15) is 14.4 Å². The number of piperidine rings is 1. The first kappa shape index (κ1) is 17.3. The van der Waals surface area contributed by atoms with Gasteiger partial charge in [0, 0.05) is 33.1 Å². The number of likely N-dealkylation sites (tertiary alicyclic amines) is 1. The molecule has 0 aromatic carbocycles. The molecule has 0 bridgehead atoms. The molecule has 21 heavy (non-hydrogen) atoms. The number of carboxylic acid groups (broad SMARTS) is 1. The molecule has 120 valence electrons. The lowest BCUT2D eigenvalue weighted by Gasteiger charge is -2.32. The summed E-state index contributed by atoms with van der Waals surface area (Å²) in [5.74, 6) is -1.05. The number of hydrogen-bond donors (Lipinski definition) is 3. The van der Waals surface area contributed by atoms with Crippen molar-refractivity contribution in [3.05, 3.63) is 0 Å². The van der Waals surface area contributed by atoms with Gasteiger partial charge in [-0.25, -0.2) is 4.79 Å². The second-order valence-electron chi connectivity index (χ2n) is 5.50. The summed E-state index contributed by atoms with van der Waals surface area (Å²) in [6, 6.07) is -0.201. The van der Waals surface area contributed by atoms with Crippen LogP contribution in [0.2, 0.25) is 0 Å². The molecule has 1 rings (SSSR count). The van der Waals surface area contributed by atoms with Gasteiger partial charge in [-0.05, 0) is 25.2 Å². The van der Waals surface area contributed by atoms with Crippen molar-refractivity contribution in [1.29, 1.82) is 0 Å². The summed E-state index contributed by atoms with van der Waals surface area (Å²) in [5.41, 5.74) is 0. The second-order valence-corrected chi connectivity index (χ2v) is 5.50. The van der Waals surface area contributed by atoms with Gasteiger partial charge in [-0.1, -0.05) is 6.92 Å². The fourth-order valence-electron chi connectivity index (χ4n) is 2.36. The Morgan fingerprint density at radius 1 is 1.24 bits per heavy atom. The quantitative estimate of drug-likeness (QED) is 0.671. The summed E-state index contributed by atoms with van der Waals surface area (Å²) >= 11 is 0. The highest BCUT2D eigenvalue weighted by molar-refractivity contribution is 5.76. The molecule has 0 spiro atoms. The SMILES string of the molecule is CCC(CNC(=O)N1CCC(CNC(C)=O)CC1)C(=O)O. The van der Waals surface area contributed by atoms with Crippen LogP contribution in [-0.4, -0.2) is 54.1 Å². The Kier molecular flexibility index (Phi) is 6.98. The fourth-order valence-corrected chi connectivity index (χ4v) is 2.36. The molecule has 1 unspecified atom stereocenters. The average molecular weight is 299 g/mol. The molecule has 7 nitrogen and oxygen atoms in total. The predicted molar refractivity (Wildman–Crippen MR) is 77.8 cm³/mol. The zero-order chi connectivity index (χ0) is 15.8. The lowest BCUT2D eigenvalue weighted by molar-refractivity contribution is -0.141. The number of hydrogen-bond acceptors (Lipinski definition) is 3. The van der Waals surface area contributed by atoms with Gasteiger partial charge in [0.1, 0.15) is 0 Å². The third-order valence-corrected chi connectivity index (χ3v) is 3.88. The summed E-state index contributed by atoms with van der Waals surface area (Å²) in [6.07, 6.45) is 2.20. The molecule has 0 aromatic rings. The summed E-state index contributed by atoms with van der Waals surface area (Å²) in [6.45, 7) is 5.38. The van der Waals surface area contributed by atoms with Crippen molar-refractivity contribution in [1.82, 2.24) is 15.5 Å². The molecule has 3 amide bonds. The number of urea groups is 1. The Labute approximate surface area is 125 Å². The highest BCUT2D eigenvalue weighted by Crippen LogP contribution is 2.16. The van der Waals surface area contributed by atoms with Crippen molar-refractivity contribution in [2.45, 2.75) is 33.1 Å². The molecular formula is C14H25N3O4. The molecule has 0 aromatic heterocycles. The fraction of sp³-hybridized carbons (Fsp3) is 0.786. The Bertz CT molecular complexity index is 378. The predicted octanol–water partition coefficient (Wildman–Crippen LogP) is 0.655. The van der Waals surface area contributed by atoms with Crippen LogP contribution in [-0.2, 0) is 9.59 Å². The zero-order valence-corrected chi connectivity index (χ0v) is 12.7. The van der Waals surface area contributed by atoms with Crippen LogP contribution in [0.3, 0.4) is 0 Å². The minimum absolute atomic E-state index is 0.0329. The monoisotopic (exact) mass is 299 g/mol. The van der Waals surface area contributed by atoms with Crippen molar-refractivity contribution >= 4 is 17.9 Å². The van der Waals surface area contributed by atoms with E-state index in [1.165, 1.54) is 6.92 Å². The highest BCUT2D eigenvalue weighted by atomic mass is 16.4. The number of carbonyl (C=O) groups excluding carboxylic acids is 2. The van der Waals surface area contributed by atoms with Gasteiger partial charge in [0.2, 0.25) is 5.91 Å².